The zero-order chi connectivity index (χ0) is 17.6. The molecule has 1 aromatic heterocycles. The Kier molecular flexibility index (Phi) is 5.23. The van der Waals surface area contributed by atoms with Crippen molar-refractivity contribution in [1.29, 1.82) is 0 Å². The SMILES string of the molecule is CNC(=O)[C@H]1CCCCN1C(=O)c1cccc(Nc2ncccn2)c1. The Morgan fingerprint density at radius 2 is 1.96 bits per heavy atom. The van der Waals surface area contributed by atoms with Gasteiger partial charge in [0.25, 0.3) is 5.91 Å². The number of hydrogen-bond donors (Lipinski definition) is 2. The molecule has 2 aromatic rings. The summed E-state index contributed by atoms with van der Waals surface area (Å²) in [5, 5.41) is 5.73. The van der Waals surface area contributed by atoms with E-state index in [2.05, 4.69) is 20.6 Å². The zero-order valence-electron chi connectivity index (χ0n) is 14.1. The van der Waals surface area contributed by atoms with Gasteiger partial charge in [0.2, 0.25) is 11.9 Å². The monoisotopic (exact) mass is 339 g/mol. The van der Waals surface area contributed by atoms with E-state index >= 15 is 0 Å². The van der Waals surface area contributed by atoms with Crippen molar-refractivity contribution >= 4 is 23.5 Å². The molecular formula is C18H21N5O2. The minimum Gasteiger partial charge on any atom is -0.357 e. The van der Waals surface area contributed by atoms with Crippen molar-refractivity contribution in [3.8, 4) is 0 Å². The Balaban J connectivity index is 1.79. The van der Waals surface area contributed by atoms with E-state index in [-0.39, 0.29) is 11.8 Å². The summed E-state index contributed by atoms with van der Waals surface area (Å²) in [6.45, 7) is 0.594. The molecule has 0 saturated carbocycles. The molecule has 1 aliphatic heterocycles. The van der Waals surface area contributed by atoms with Gasteiger partial charge < -0.3 is 15.5 Å². The summed E-state index contributed by atoms with van der Waals surface area (Å²) >= 11 is 0. The normalized spacial score (nSPS) is 17.0. The van der Waals surface area contributed by atoms with Crippen LogP contribution in [0.1, 0.15) is 29.6 Å². The van der Waals surface area contributed by atoms with Crippen molar-refractivity contribution in [1.82, 2.24) is 20.2 Å². The van der Waals surface area contributed by atoms with E-state index in [0.717, 1.165) is 18.5 Å². The first-order chi connectivity index (χ1) is 12.2. The van der Waals surface area contributed by atoms with Crippen LogP contribution in [-0.2, 0) is 4.79 Å². The molecule has 0 unspecified atom stereocenters. The van der Waals surface area contributed by atoms with Crippen molar-refractivity contribution < 1.29 is 9.59 Å². The number of amides is 2. The van der Waals surface area contributed by atoms with Crippen molar-refractivity contribution in [3.05, 3.63) is 48.3 Å². The Morgan fingerprint density at radius 3 is 2.72 bits per heavy atom. The van der Waals surface area contributed by atoms with E-state index in [1.54, 1.807) is 48.6 Å². The second-order valence-electron chi connectivity index (χ2n) is 5.90. The number of benzene rings is 1. The van der Waals surface area contributed by atoms with Gasteiger partial charge in [0, 0.05) is 37.2 Å². The quantitative estimate of drug-likeness (QED) is 0.889. The Morgan fingerprint density at radius 1 is 1.16 bits per heavy atom. The molecule has 7 nitrogen and oxygen atoms in total. The molecule has 3 rings (SSSR count). The van der Waals surface area contributed by atoms with Gasteiger partial charge in [0.15, 0.2) is 0 Å². The van der Waals surface area contributed by atoms with Crippen LogP contribution in [0, 0.1) is 0 Å². The van der Waals surface area contributed by atoms with Crippen LogP contribution in [0.3, 0.4) is 0 Å². The van der Waals surface area contributed by atoms with E-state index in [0.29, 0.717) is 24.5 Å². The van der Waals surface area contributed by atoms with Crippen LogP contribution in [0.5, 0.6) is 0 Å². The highest BCUT2D eigenvalue weighted by Crippen LogP contribution is 2.22. The minimum absolute atomic E-state index is 0.111. The largest absolute Gasteiger partial charge is 0.357 e. The molecule has 2 N–H and O–H groups in total. The smallest absolute Gasteiger partial charge is 0.254 e. The predicted octanol–water partition coefficient (Wildman–Crippen LogP) is 1.96. The van der Waals surface area contributed by atoms with Gasteiger partial charge in [-0.1, -0.05) is 6.07 Å². The fraction of sp³-hybridized carbons (Fsp3) is 0.333. The Hall–Kier alpha value is -2.96. The third-order valence-corrected chi connectivity index (χ3v) is 4.24. The van der Waals surface area contributed by atoms with Crippen LogP contribution in [0.15, 0.2) is 42.7 Å². The number of likely N-dealkylation sites (N-methyl/N-ethyl adjacent to an activating group) is 1. The fourth-order valence-electron chi connectivity index (χ4n) is 3.00. The molecule has 0 spiro atoms. The standard InChI is InChI=1S/C18H21N5O2/c1-19-16(24)15-8-2-3-11-23(15)17(25)13-6-4-7-14(12-13)22-18-20-9-5-10-21-18/h4-7,9-10,12,15H,2-3,8,11H2,1H3,(H,19,24)(H,20,21,22)/t15-/m1/s1. The number of rotatable bonds is 4. The van der Waals surface area contributed by atoms with E-state index in [1.807, 2.05) is 6.07 Å². The first-order valence-electron chi connectivity index (χ1n) is 8.35. The second kappa shape index (κ2) is 7.74. The van der Waals surface area contributed by atoms with Crippen LogP contribution in [0.4, 0.5) is 11.6 Å². The fourth-order valence-corrected chi connectivity index (χ4v) is 3.00. The van der Waals surface area contributed by atoms with E-state index in [9.17, 15) is 9.59 Å². The number of nitrogens with zero attached hydrogens (tertiary/aromatic N) is 3. The molecule has 1 saturated heterocycles. The Bertz CT molecular complexity index is 750. The van der Waals surface area contributed by atoms with Gasteiger partial charge in [0.05, 0.1) is 0 Å². The number of carbonyl (C=O) groups excluding carboxylic acids is 2. The Labute approximate surface area is 146 Å². The van der Waals surface area contributed by atoms with Crippen LogP contribution in [0.25, 0.3) is 0 Å². The molecule has 1 aromatic carbocycles. The highest BCUT2D eigenvalue weighted by molar-refractivity contribution is 5.98. The number of piperidine rings is 1. The third-order valence-electron chi connectivity index (χ3n) is 4.24. The molecule has 0 bridgehead atoms. The van der Waals surface area contributed by atoms with Gasteiger partial charge in [-0.15, -0.1) is 0 Å². The third kappa shape index (κ3) is 3.93. The number of likely N-dealkylation sites (tertiary alicyclic amines) is 1. The number of anilines is 2. The van der Waals surface area contributed by atoms with Gasteiger partial charge in [0.1, 0.15) is 6.04 Å². The van der Waals surface area contributed by atoms with Crippen LogP contribution in [0.2, 0.25) is 0 Å². The molecule has 2 amide bonds. The molecule has 0 aliphatic carbocycles. The molecule has 1 aliphatic rings. The van der Waals surface area contributed by atoms with E-state index in [1.165, 1.54) is 0 Å². The first kappa shape index (κ1) is 16.9. The number of carbonyl (C=O) groups is 2. The molecule has 2 heterocycles. The van der Waals surface area contributed by atoms with Crippen molar-refractivity contribution in [2.75, 3.05) is 18.9 Å². The van der Waals surface area contributed by atoms with Crippen LogP contribution in [-0.4, -0.2) is 46.3 Å². The maximum atomic E-state index is 12.9. The summed E-state index contributed by atoms with van der Waals surface area (Å²) in [7, 11) is 1.60. The average Bonchev–Trinajstić information content (AvgIpc) is 2.68. The topological polar surface area (TPSA) is 87.2 Å². The van der Waals surface area contributed by atoms with Crippen molar-refractivity contribution in [2.24, 2.45) is 0 Å². The number of aromatic nitrogens is 2. The predicted molar refractivity (Wildman–Crippen MR) is 94.5 cm³/mol. The van der Waals surface area contributed by atoms with Gasteiger partial charge in [-0.3, -0.25) is 9.59 Å². The van der Waals surface area contributed by atoms with Crippen molar-refractivity contribution in [3.63, 3.8) is 0 Å². The lowest BCUT2D eigenvalue weighted by atomic mass is 10.00. The summed E-state index contributed by atoms with van der Waals surface area (Å²) in [6.07, 6.45) is 5.85. The molecule has 130 valence electrons. The maximum Gasteiger partial charge on any atom is 0.254 e. The molecule has 1 fully saturated rings. The zero-order valence-corrected chi connectivity index (χ0v) is 14.1. The molecule has 7 heteroatoms. The first-order valence-corrected chi connectivity index (χ1v) is 8.35. The molecule has 0 radical (unpaired) electrons. The van der Waals surface area contributed by atoms with Gasteiger partial charge >= 0.3 is 0 Å². The lowest BCUT2D eigenvalue weighted by Crippen LogP contribution is -2.51. The van der Waals surface area contributed by atoms with Crippen LogP contribution >= 0.6 is 0 Å². The number of nitrogens with one attached hydrogen (secondary N) is 2. The average molecular weight is 339 g/mol. The van der Waals surface area contributed by atoms with Crippen molar-refractivity contribution in [2.45, 2.75) is 25.3 Å². The van der Waals surface area contributed by atoms with E-state index in [4.69, 9.17) is 0 Å². The highest BCUT2D eigenvalue weighted by atomic mass is 16.2. The molecule has 1 atom stereocenters. The van der Waals surface area contributed by atoms with Gasteiger partial charge in [-0.05, 0) is 43.5 Å². The van der Waals surface area contributed by atoms with Crippen LogP contribution < -0.4 is 10.6 Å². The second-order valence-corrected chi connectivity index (χ2v) is 5.90. The van der Waals surface area contributed by atoms with Gasteiger partial charge in [-0.25, -0.2) is 9.97 Å². The highest BCUT2D eigenvalue weighted by Gasteiger charge is 2.32. The maximum absolute atomic E-state index is 12.9. The summed E-state index contributed by atoms with van der Waals surface area (Å²) in [6, 6.07) is 8.50. The van der Waals surface area contributed by atoms with E-state index < -0.39 is 6.04 Å². The summed E-state index contributed by atoms with van der Waals surface area (Å²) in [4.78, 5) is 34.9. The number of hydrogen-bond acceptors (Lipinski definition) is 5. The summed E-state index contributed by atoms with van der Waals surface area (Å²) in [5.41, 5.74) is 1.27. The molecular weight excluding hydrogens is 318 g/mol. The molecule has 25 heavy (non-hydrogen) atoms. The minimum atomic E-state index is -0.402. The lowest BCUT2D eigenvalue weighted by molar-refractivity contribution is -0.126. The lowest BCUT2D eigenvalue weighted by Gasteiger charge is -2.34. The van der Waals surface area contributed by atoms with Gasteiger partial charge in [-0.2, -0.15) is 0 Å². The summed E-state index contributed by atoms with van der Waals surface area (Å²) < 4.78 is 0. The summed E-state index contributed by atoms with van der Waals surface area (Å²) in [5.74, 6) is 0.222.